The van der Waals surface area contributed by atoms with Gasteiger partial charge in [-0.1, -0.05) is 38.5 Å². The van der Waals surface area contributed by atoms with Gasteiger partial charge in [-0.2, -0.15) is 0 Å². The van der Waals surface area contributed by atoms with Gasteiger partial charge < -0.3 is 11.1 Å². The number of nitrogens with two attached hydrogens (primary N) is 1. The molecule has 0 bridgehead atoms. The zero-order valence-corrected chi connectivity index (χ0v) is 13.5. The summed E-state index contributed by atoms with van der Waals surface area (Å²) in [5.74, 6) is 0.225. The minimum Gasteiger partial charge on any atom is -0.352 e. The largest absolute Gasteiger partial charge is 0.352 e. The maximum absolute atomic E-state index is 12.3. The first-order chi connectivity index (χ1) is 10.3. The Labute approximate surface area is 129 Å². The second-order valence-electron chi connectivity index (χ2n) is 6.81. The summed E-state index contributed by atoms with van der Waals surface area (Å²) in [6, 6.07) is 1.02. The fraction of sp³-hybridized carbons (Fsp3) is 0.941. The molecule has 2 aliphatic carbocycles. The highest BCUT2D eigenvalue weighted by molar-refractivity contribution is 5.78. The molecule has 0 saturated heterocycles. The van der Waals surface area contributed by atoms with E-state index in [2.05, 4.69) is 10.2 Å². The van der Waals surface area contributed by atoms with Crippen molar-refractivity contribution in [2.45, 2.75) is 82.7 Å². The molecule has 2 fully saturated rings. The van der Waals surface area contributed by atoms with Crippen molar-refractivity contribution in [2.24, 2.45) is 5.73 Å². The van der Waals surface area contributed by atoms with Crippen LogP contribution in [0.1, 0.15) is 70.6 Å². The topological polar surface area (TPSA) is 58.4 Å². The quantitative estimate of drug-likeness (QED) is 0.709. The van der Waals surface area contributed by atoms with Crippen LogP contribution >= 0.6 is 0 Å². The van der Waals surface area contributed by atoms with Gasteiger partial charge in [-0.3, -0.25) is 9.69 Å². The maximum Gasteiger partial charge on any atom is 0.234 e. The summed E-state index contributed by atoms with van der Waals surface area (Å²) in [5.41, 5.74) is 5.67. The predicted molar refractivity (Wildman–Crippen MR) is 87.1 cm³/mol. The van der Waals surface area contributed by atoms with Crippen molar-refractivity contribution in [1.29, 1.82) is 0 Å². The van der Waals surface area contributed by atoms with Gasteiger partial charge in [-0.25, -0.2) is 0 Å². The van der Waals surface area contributed by atoms with Gasteiger partial charge in [0.15, 0.2) is 0 Å². The first kappa shape index (κ1) is 16.8. The second-order valence-corrected chi connectivity index (χ2v) is 6.81. The molecule has 0 heterocycles. The highest BCUT2D eigenvalue weighted by Crippen LogP contribution is 2.22. The lowest BCUT2D eigenvalue weighted by Gasteiger charge is -2.31. The molecule has 2 aliphatic rings. The van der Waals surface area contributed by atoms with Crippen molar-refractivity contribution in [3.05, 3.63) is 0 Å². The molecule has 0 aromatic carbocycles. The molecule has 0 aliphatic heterocycles. The van der Waals surface area contributed by atoms with Gasteiger partial charge in [0.1, 0.15) is 0 Å². The van der Waals surface area contributed by atoms with Crippen LogP contribution in [-0.2, 0) is 4.79 Å². The maximum atomic E-state index is 12.3. The molecule has 3 N–H and O–H groups in total. The molecule has 4 heteroatoms. The lowest BCUT2D eigenvalue weighted by molar-refractivity contribution is -0.123. The van der Waals surface area contributed by atoms with Crippen molar-refractivity contribution >= 4 is 5.91 Å². The Kier molecular flexibility index (Phi) is 7.51. The summed E-state index contributed by atoms with van der Waals surface area (Å²) in [5, 5.41) is 3.23. The average molecular weight is 295 g/mol. The summed E-state index contributed by atoms with van der Waals surface area (Å²) in [4.78, 5) is 14.7. The summed E-state index contributed by atoms with van der Waals surface area (Å²) in [6.07, 6.45) is 13.7. The van der Waals surface area contributed by atoms with Gasteiger partial charge in [0.2, 0.25) is 5.91 Å². The Balaban J connectivity index is 1.83. The zero-order valence-electron chi connectivity index (χ0n) is 13.5. The Morgan fingerprint density at radius 2 is 1.62 bits per heavy atom. The first-order valence-corrected chi connectivity index (χ1v) is 9.03. The number of nitrogens with one attached hydrogen (secondary N) is 1. The van der Waals surface area contributed by atoms with E-state index in [-0.39, 0.29) is 5.91 Å². The van der Waals surface area contributed by atoms with E-state index < -0.39 is 0 Å². The lowest BCUT2D eigenvalue weighted by Crippen LogP contribution is -2.45. The van der Waals surface area contributed by atoms with E-state index >= 15 is 0 Å². The van der Waals surface area contributed by atoms with Crippen LogP contribution in [0.5, 0.6) is 0 Å². The molecular weight excluding hydrogens is 262 g/mol. The van der Waals surface area contributed by atoms with Crippen LogP contribution in [0, 0.1) is 0 Å². The van der Waals surface area contributed by atoms with Crippen LogP contribution < -0.4 is 11.1 Å². The summed E-state index contributed by atoms with van der Waals surface area (Å²) in [6.45, 7) is 2.26. The van der Waals surface area contributed by atoms with Crippen LogP contribution in [0.3, 0.4) is 0 Å². The molecule has 0 aromatic rings. The smallest absolute Gasteiger partial charge is 0.234 e. The van der Waals surface area contributed by atoms with E-state index in [0.29, 0.717) is 25.2 Å². The standard InChI is InChI=1S/C17H33N3O/c18-12-7-13-20(16-10-3-1-2-4-11-16)14-17(21)19-15-8-5-6-9-15/h15-16H,1-14,18H2,(H,19,21). The molecule has 2 rings (SSSR count). The molecule has 4 nitrogen and oxygen atoms in total. The van der Waals surface area contributed by atoms with Gasteiger partial charge in [-0.05, 0) is 38.6 Å². The number of hydrogen-bond donors (Lipinski definition) is 2. The van der Waals surface area contributed by atoms with Crippen molar-refractivity contribution in [3.8, 4) is 0 Å². The molecule has 0 atom stereocenters. The van der Waals surface area contributed by atoms with Crippen LogP contribution in [0.2, 0.25) is 0 Å². The molecule has 122 valence electrons. The molecule has 1 amide bonds. The van der Waals surface area contributed by atoms with E-state index in [9.17, 15) is 4.79 Å². The second kappa shape index (κ2) is 9.42. The SMILES string of the molecule is NCCCN(CC(=O)NC1CCCC1)C1CCCCCC1. The average Bonchev–Trinajstić information content (AvgIpc) is 2.83. The number of nitrogens with zero attached hydrogens (tertiary/aromatic N) is 1. The minimum atomic E-state index is 0.225. The third kappa shape index (κ3) is 5.95. The number of hydrogen-bond acceptors (Lipinski definition) is 3. The van der Waals surface area contributed by atoms with E-state index in [1.165, 1.54) is 51.4 Å². The van der Waals surface area contributed by atoms with Gasteiger partial charge in [0.25, 0.3) is 0 Å². The summed E-state index contributed by atoms with van der Waals surface area (Å²) in [7, 11) is 0. The predicted octanol–water partition coefficient (Wildman–Crippen LogP) is 2.42. The molecule has 21 heavy (non-hydrogen) atoms. The Morgan fingerprint density at radius 1 is 1.00 bits per heavy atom. The highest BCUT2D eigenvalue weighted by Gasteiger charge is 2.23. The van der Waals surface area contributed by atoms with Crippen molar-refractivity contribution < 1.29 is 4.79 Å². The van der Waals surface area contributed by atoms with Crippen LogP contribution in [0.15, 0.2) is 0 Å². The Hall–Kier alpha value is -0.610. The Bertz CT molecular complexity index is 294. The minimum absolute atomic E-state index is 0.225. The fourth-order valence-corrected chi connectivity index (χ4v) is 3.84. The van der Waals surface area contributed by atoms with Crippen LogP contribution in [0.25, 0.3) is 0 Å². The molecular formula is C17H33N3O. The summed E-state index contributed by atoms with van der Waals surface area (Å²) >= 11 is 0. The van der Waals surface area contributed by atoms with Gasteiger partial charge in [0.05, 0.1) is 6.54 Å². The number of amides is 1. The lowest BCUT2D eigenvalue weighted by atomic mass is 10.1. The normalized spacial score (nSPS) is 21.6. The number of rotatable bonds is 7. The Morgan fingerprint density at radius 3 is 2.24 bits per heavy atom. The molecule has 0 radical (unpaired) electrons. The van der Waals surface area contributed by atoms with E-state index in [4.69, 9.17) is 5.73 Å². The van der Waals surface area contributed by atoms with Crippen LogP contribution in [-0.4, -0.2) is 42.5 Å². The van der Waals surface area contributed by atoms with E-state index in [1.54, 1.807) is 0 Å². The summed E-state index contributed by atoms with van der Waals surface area (Å²) < 4.78 is 0. The fourth-order valence-electron chi connectivity index (χ4n) is 3.84. The molecule has 0 spiro atoms. The van der Waals surface area contributed by atoms with Gasteiger partial charge in [0, 0.05) is 18.6 Å². The molecule has 0 aromatic heterocycles. The third-order valence-electron chi connectivity index (χ3n) is 5.06. The first-order valence-electron chi connectivity index (χ1n) is 9.03. The monoisotopic (exact) mass is 295 g/mol. The van der Waals surface area contributed by atoms with Crippen molar-refractivity contribution in [1.82, 2.24) is 10.2 Å². The number of carbonyl (C=O) groups excluding carboxylic acids is 1. The van der Waals surface area contributed by atoms with Crippen molar-refractivity contribution in [2.75, 3.05) is 19.6 Å². The third-order valence-corrected chi connectivity index (χ3v) is 5.06. The molecule has 0 unspecified atom stereocenters. The van der Waals surface area contributed by atoms with E-state index in [1.807, 2.05) is 0 Å². The van der Waals surface area contributed by atoms with Crippen LogP contribution in [0.4, 0.5) is 0 Å². The zero-order chi connectivity index (χ0) is 14.9. The van der Waals surface area contributed by atoms with E-state index in [0.717, 1.165) is 25.8 Å². The molecule has 2 saturated carbocycles. The van der Waals surface area contributed by atoms with Gasteiger partial charge in [-0.15, -0.1) is 0 Å². The number of carbonyl (C=O) groups is 1. The van der Waals surface area contributed by atoms with Gasteiger partial charge >= 0.3 is 0 Å². The highest BCUT2D eigenvalue weighted by atomic mass is 16.2. The van der Waals surface area contributed by atoms with Crippen molar-refractivity contribution in [3.63, 3.8) is 0 Å².